The first-order valence-electron chi connectivity index (χ1n) is 33.7. The van der Waals surface area contributed by atoms with E-state index in [0.717, 1.165) is 17.1 Å². The van der Waals surface area contributed by atoms with E-state index < -0.39 is 0 Å². The molecule has 94 heavy (non-hydrogen) atoms. The standard InChI is InChI=1S/C9H16N2.2C8H14N2.C8H13NO.C8H13NS.C8H12S.C7H12N2.C7H11NS.C7H11N.C7H10O/c1-6(2)9-7(3)10-11(5)8(9)4;1-6(2)8-5-10(4)9-7(8)3;1-6(2)8-7(3)5-9-10(8)4;1-5(2)8-6(3)9-10-7(8)4;1-5(2)8-6(3)9-7(4)10-8;1-6(2)8-5-9-4-7(8)3;1-6(2)7-4-5-8-9(7)3;1-5(2)7-4-9-8-6(7)3;2*1-6(2)7-3-4-8-5-7/h6H,1-5H3;2*5-6H,1-4H3;2*5H,1-4H3;2*4-6H,1-3H3;4-5H,1-3H3;3-6,8H,1-2H3;3-6H,1-2H3. The molecule has 524 valence electrons. The molecule has 0 unspecified atom stereocenters. The molecular formula is C77H126N12O2S3. The molecule has 0 aliphatic carbocycles. The first-order chi connectivity index (χ1) is 43.8. The number of aromatic amines is 1. The van der Waals surface area contributed by atoms with Crippen molar-refractivity contribution in [3.05, 3.63) is 189 Å². The van der Waals surface area contributed by atoms with Crippen LogP contribution in [0.4, 0.5) is 0 Å². The van der Waals surface area contributed by atoms with Gasteiger partial charge in [-0.2, -0.15) is 36.1 Å². The topological polar surface area (TPSA) is 152 Å². The molecule has 0 amide bonds. The van der Waals surface area contributed by atoms with Gasteiger partial charge in [-0.25, -0.2) is 4.98 Å². The Bertz CT molecular complexity index is 3280. The van der Waals surface area contributed by atoms with Crippen LogP contribution >= 0.6 is 34.2 Å². The predicted molar refractivity (Wildman–Crippen MR) is 406 cm³/mol. The normalized spacial score (nSPS) is 10.8. The van der Waals surface area contributed by atoms with E-state index in [1.54, 1.807) is 35.4 Å². The minimum absolute atomic E-state index is 0.520. The average molecular weight is 1350 g/mol. The molecule has 0 saturated carbocycles. The number of thiophene rings is 1. The summed E-state index contributed by atoms with van der Waals surface area (Å²) in [5.41, 5.74) is 21.9. The van der Waals surface area contributed by atoms with Gasteiger partial charge < -0.3 is 13.9 Å². The van der Waals surface area contributed by atoms with Crippen molar-refractivity contribution < 1.29 is 8.94 Å². The molecule has 0 aliphatic heterocycles. The fourth-order valence-electron chi connectivity index (χ4n) is 10.7. The zero-order chi connectivity index (χ0) is 72.0. The summed E-state index contributed by atoms with van der Waals surface area (Å²) in [4.78, 5) is 8.79. The van der Waals surface area contributed by atoms with Crippen molar-refractivity contribution in [3.63, 3.8) is 0 Å². The van der Waals surface area contributed by atoms with Crippen LogP contribution in [-0.2, 0) is 28.2 Å². The summed E-state index contributed by atoms with van der Waals surface area (Å²) in [5, 5.41) is 28.4. The molecule has 0 fully saturated rings. The number of rotatable bonds is 10. The minimum Gasteiger partial charge on any atom is -0.472 e. The number of furan rings is 1. The summed E-state index contributed by atoms with van der Waals surface area (Å²) < 4.78 is 21.7. The van der Waals surface area contributed by atoms with Crippen LogP contribution in [-0.4, -0.2) is 58.6 Å². The maximum absolute atomic E-state index is 5.01. The van der Waals surface area contributed by atoms with E-state index in [0.29, 0.717) is 59.2 Å². The highest BCUT2D eigenvalue weighted by atomic mass is 32.1. The van der Waals surface area contributed by atoms with Crippen LogP contribution in [0.2, 0.25) is 0 Å². The van der Waals surface area contributed by atoms with E-state index in [2.05, 4.69) is 262 Å². The van der Waals surface area contributed by atoms with Crippen molar-refractivity contribution in [1.82, 2.24) is 58.6 Å². The summed E-state index contributed by atoms with van der Waals surface area (Å²) in [6.07, 6.45) is 13.3. The Balaban J connectivity index is 0.000000523. The van der Waals surface area contributed by atoms with Crippen LogP contribution in [0.1, 0.15) is 309 Å². The number of hydrogen-bond acceptors (Lipinski definition) is 12. The Labute approximate surface area is 582 Å². The van der Waals surface area contributed by atoms with E-state index >= 15 is 0 Å². The van der Waals surface area contributed by atoms with Gasteiger partial charge in [0.1, 0.15) is 5.76 Å². The Morgan fingerprint density at radius 2 is 1.09 bits per heavy atom. The number of nitrogens with zero attached hydrogens (tertiary/aromatic N) is 11. The summed E-state index contributed by atoms with van der Waals surface area (Å²) >= 11 is 5.15. The molecule has 0 aliphatic rings. The molecule has 1 N–H and O–H groups in total. The van der Waals surface area contributed by atoms with Crippen molar-refractivity contribution in [3.8, 4) is 0 Å². The van der Waals surface area contributed by atoms with Gasteiger partial charge in [-0.05, 0) is 213 Å². The lowest BCUT2D eigenvalue weighted by Crippen LogP contribution is -2.00. The lowest BCUT2D eigenvalue weighted by Gasteiger charge is -2.05. The van der Waals surface area contributed by atoms with Gasteiger partial charge in [0.15, 0.2) is 0 Å². The second-order valence-corrected chi connectivity index (χ2v) is 29.9. The van der Waals surface area contributed by atoms with Gasteiger partial charge in [0.25, 0.3) is 0 Å². The second-order valence-electron chi connectivity index (χ2n) is 27.3. The van der Waals surface area contributed by atoms with Crippen LogP contribution in [0, 0.1) is 69.2 Å². The van der Waals surface area contributed by atoms with Crippen molar-refractivity contribution in [2.75, 3.05) is 0 Å². The third-order valence-corrected chi connectivity index (χ3v) is 18.5. The zero-order valence-corrected chi connectivity index (χ0v) is 67.2. The van der Waals surface area contributed by atoms with E-state index in [1.807, 2.05) is 109 Å². The Morgan fingerprint density at radius 1 is 0.489 bits per heavy atom. The monoisotopic (exact) mass is 1350 g/mol. The van der Waals surface area contributed by atoms with Crippen LogP contribution in [0.15, 0.2) is 86.8 Å². The van der Waals surface area contributed by atoms with Gasteiger partial charge in [0.2, 0.25) is 0 Å². The van der Waals surface area contributed by atoms with Crippen molar-refractivity contribution in [1.29, 1.82) is 0 Å². The number of nitrogens with one attached hydrogen (secondary N) is 1. The van der Waals surface area contributed by atoms with Crippen molar-refractivity contribution in [2.24, 2.45) is 28.2 Å². The summed E-state index contributed by atoms with van der Waals surface area (Å²) in [6.45, 7) is 64.3. The fraction of sp³-hybridized carbons (Fsp3) is 0.571. The third-order valence-electron chi connectivity index (χ3n) is 15.5. The Morgan fingerprint density at radius 3 is 1.30 bits per heavy atom. The molecule has 0 saturated heterocycles. The Kier molecular flexibility index (Phi) is 39.0. The molecule has 10 aromatic rings. The maximum Gasteiger partial charge on any atom is 0.137 e. The average Bonchev–Trinajstić information content (AvgIpc) is 1.88. The molecule has 0 bridgehead atoms. The quantitative estimate of drug-likeness (QED) is 0.141. The van der Waals surface area contributed by atoms with Gasteiger partial charge in [-0.1, -0.05) is 144 Å². The zero-order valence-electron chi connectivity index (χ0n) is 64.7. The molecule has 0 aromatic carbocycles. The van der Waals surface area contributed by atoms with E-state index in [9.17, 15) is 0 Å². The molecule has 10 heterocycles. The predicted octanol–water partition coefficient (Wildman–Crippen LogP) is 23.0. The molecule has 17 heteroatoms. The van der Waals surface area contributed by atoms with Crippen LogP contribution in [0.3, 0.4) is 0 Å². The fourth-order valence-corrected chi connectivity index (χ4v) is 13.5. The van der Waals surface area contributed by atoms with Gasteiger partial charge in [-0.15, -0.1) is 11.3 Å². The number of hydrogen-bond donors (Lipinski definition) is 1. The van der Waals surface area contributed by atoms with Crippen LogP contribution in [0.5, 0.6) is 0 Å². The van der Waals surface area contributed by atoms with Crippen molar-refractivity contribution in [2.45, 2.75) is 267 Å². The van der Waals surface area contributed by atoms with Gasteiger partial charge in [0.05, 0.1) is 52.2 Å². The second kappa shape index (κ2) is 42.9. The smallest absolute Gasteiger partial charge is 0.137 e. The maximum atomic E-state index is 5.01. The molecule has 0 spiro atoms. The number of thiazole rings is 1. The number of aryl methyl sites for hydroxylation is 13. The van der Waals surface area contributed by atoms with E-state index in [1.165, 1.54) is 94.1 Å². The Hall–Kier alpha value is -6.43. The molecule has 10 aromatic heterocycles. The first-order valence-corrected chi connectivity index (χ1v) is 36.3. The summed E-state index contributed by atoms with van der Waals surface area (Å²) in [6, 6.07) is 6.14. The molecular weight excluding hydrogens is 1220 g/mol. The first kappa shape index (κ1) is 85.6. The van der Waals surface area contributed by atoms with Gasteiger partial charge >= 0.3 is 0 Å². The molecule has 10 rings (SSSR count). The highest BCUT2D eigenvalue weighted by molar-refractivity contribution is 7.11. The largest absolute Gasteiger partial charge is 0.472 e. The van der Waals surface area contributed by atoms with Crippen molar-refractivity contribution >= 4 is 34.2 Å². The van der Waals surface area contributed by atoms with Gasteiger partial charge in [-0.3, -0.25) is 18.7 Å². The van der Waals surface area contributed by atoms with E-state index in [-0.39, 0.29) is 0 Å². The minimum atomic E-state index is 0.520. The highest BCUT2D eigenvalue weighted by Gasteiger charge is 2.14. The highest BCUT2D eigenvalue weighted by Crippen LogP contribution is 2.27. The number of aromatic nitrogens is 12. The lowest BCUT2D eigenvalue weighted by molar-refractivity contribution is 0.392. The lowest BCUT2D eigenvalue weighted by atomic mass is 10.0. The molecule has 14 nitrogen and oxygen atoms in total. The SMILES string of the molecule is CC(C)c1cc[nH]c1.CC(C)c1ccnn1C.CC(C)c1ccoc1.Cc1cnn(C)c1C(C)C.Cc1cscc1C(C)C.Cc1nc(C)c(C(C)C)s1.Cc1nn(C)c(C)c1C(C)C.Cc1nn(C)cc1C(C)C.Cc1noc(C)c1C(C)C.Cc1nscc1C(C)C. The summed E-state index contributed by atoms with van der Waals surface area (Å²) in [5.74, 6) is 7.00. The third kappa shape index (κ3) is 29.7. The van der Waals surface area contributed by atoms with E-state index in [4.69, 9.17) is 8.94 Å². The number of H-pyrrole nitrogens is 1. The molecule has 0 atom stereocenters. The van der Waals surface area contributed by atoms with Gasteiger partial charge in [0, 0.05) is 85.9 Å². The summed E-state index contributed by atoms with van der Waals surface area (Å²) in [7, 11) is 7.91. The van der Waals surface area contributed by atoms with Crippen LogP contribution < -0.4 is 0 Å². The van der Waals surface area contributed by atoms with Crippen LogP contribution in [0.25, 0.3) is 0 Å². The molecule has 0 radical (unpaired) electrons.